The van der Waals surface area contributed by atoms with Gasteiger partial charge in [-0.15, -0.1) is 0 Å². The second-order valence-corrected chi connectivity index (χ2v) is 2.45. The molecule has 60 valence electrons. The lowest BCUT2D eigenvalue weighted by molar-refractivity contribution is -0.126. The van der Waals surface area contributed by atoms with Gasteiger partial charge in [0.05, 0.1) is 7.11 Å². The Kier molecular flexibility index (Phi) is 8.02. The summed E-state index contributed by atoms with van der Waals surface area (Å²) in [5.74, 6) is 0. The van der Waals surface area contributed by atoms with Gasteiger partial charge in [0.2, 0.25) is 0 Å². The van der Waals surface area contributed by atoms with Crippen molar-refractivity contribution in [3.8, 4) is 0 Å². The van der Waals surface area contributed by atoms with Gasteiger partial charge in [0.1, 0.15) is 0 Å². The zero-order valence-electron chi connectivity index (χ0n) is 6.64. The average Bonchev–Trinajstić information content (AvgIpc) is 2.08. The summed E-state index contributed by atoms with van der Waals surface area (Å²) in [5, 5.41) is 0. The lowest BCUT2D eigenvalue weighted by Gasteiger charge is -2.05. The van der Waals surface area contributed by atoms with Gasteiger partial charge in [0.15, 0.2) is 0 Å². The van der Waals surface area contributed by atoms with Gasteiger partial charge in [0, 0.05) is 0 Å². The third kappa shape index (κ3) is 7.47. The molecule has 0 saturated heterocycles. The number of rotatable bonds is 1. The highest BCUT2D eigenvalue weighted by molar-refractivity contribution is 5.36. The van der Waals surface area contributed by atoms with Crippen molar-refractivity contribution in [2.24, 2.45) is 0 Å². The molecule has 0 atom stereocenters. The second kappa shape index (κ2) is 8.47. The van der Waals surface area contributed by atoms with Crippen molar-refractivity contribution in [1.29, 1.82) is 0 Å². The fraction of sp³-hybridized carbons (Fsp3) is 0.875. The summed E-state index contributed by atoms with van der Waals surface area (Å²) < 4.78 is 3.86. The Morgan fingerprint density at radius 1 is 1.00 bits per heavy atom. The Balaban J connectivity index is 0.000000180. The van der Waals surface area contributed by atoms with E-state index in [9.17, 15) is 0 Å². The Morgan fingerprint density at radius 2 is 1.20 bits per heavy atom. The third-order valence-corrected chi connectivity index (χ3v) is 1.60. The molecule has 1 saturated carbocycles. The van der Waals surface area contributed by atoms with Crippen LogP contribution >= 0.6 is 0 Å². The topological polar surface area (TPSA) is 26.3 Å². The number of hydrogen-bond donors (Lipinski definition) is 0. The first-order chi connectivity index (χ1) is 4.91. The highest BCUT2D eigenvalue weighted by atomic mass is 16.5. The van der Waals surface area contributed by atoms with Crippen LogP contribution in [0.15, 0.2) is 0 Å². The van der Waals surface area contributed by atoms with E-state index in [1.807, 2.05) is 0 Å². The zero-order chi connectivity index (χ0) is 7.66. The van der Waals surface area contributed by atoms with Crippen LogP contribution in [-0.2, 0) is 9.53 Å². The normalized spacial score (nSPS) is 16.5. The van der Waals surface area contributed by atoms with Crippen LogP contribution in [0, 0.1) is 0 Å². The van der Waals surface area contributed by atoms with Crippen molar-refractivity contribution in [3.63, 3.8) is 0 Å². The van der Waals surface area contributed by atoms with E-state index in [-0.39, 0.29) is 0 Å². The fourth-order valence-corrected chi connectivity index (χ4v) is 1.06. The third-order valence-electron chi connectivity index (χ3n) is 1.60. The van der Waals surface area contributed by atoms with E-state index < -0.39 is 0 Å². The standard InChI is InChI=1S/C6H12.C2H4O2/c1-2-4-6-5-3-1;1-4-2-3/h1-6H2;2H,1H3. The van der Waals surface area contributed by atoms with Crippen LogP contribution in [0.4, 0.5) is 0 Å². The van der Waals surface area contributed by atoms with E-state index in [0.717, 1.165) is 0 Å². The van der Waals surface area contributed by atoms with Gasteiger partial charge < -0.3 is 4.74 Å². The van der Waals surface area contributed by atoms with Crippen LogP contribution in [0.2, 0.25) is 0 Å². The molecule has 0 aliphatic heterocycles. The molecule has 10 heavy (non-hydrogen) atoms. The van der Waals surface area contributed by atoms with E-state index >= 15 is 0 Å². The Hall–Kier alpha value is -0.530. The Bertz CT molecular complexity index is 56.1. The predicted molar refractivity (Wildman–Crippen MR) is 40.8 cm³/mol. The lowest BCUT2D eigenvalue weighted by atomic mass is 10.0. The summed E-state index contributed by atoms with van der Waals surface area (Å²) in [6.45, 7) is 0.375. The fourth-order valence-electron chi connectivity index (χ4n) is 1.06. The number of ether oxygens (including phenoxy) is 1. The molecule has 1 fully saturated rings. The van der Waals surface area contributed by atoms with Gasteiger partial charge in [0.25, 0.3) is 6.47 Å². The first-order valence-corrected chi connectivity index (χ1v) is 3.88. The molecule has 1 aliphatic rings. The SMILES string of the molecule is C1CCCCC1.COC=O. The maximum absolute atomic E-state index is 8.95. The molecule has 2 heteroatoms. The molecule has 1 aliphatic carbocycles. The molecule has 1 rings (SSSR count). The molecule has 0 unspecified atom stereocenters. The molecule has 2 nitrogen and oxygen atoms in total. The maximum Gasteiger partial charge on any atom is 0.292 e. The summed E-state index contributed by atoms with van der Waals surface area (Å²) in [5.41, 5.74) is 0. The smallest absolute Gasteiger partial charge is 0.292 e. The molecule has 0 spiro atoms. The van der Waals surface area contributed by atoms with Crippen molar-refractivity contribution < 1.29 is 9.53 Å². The number of hydrogen-bond acceptors (Lipinski definition) is 2. The van der Waals surface area contributed by atoms with Crippen molar-refractivity contribution in [1.82, 2.24) is 0 Å². The minimum absolute atomic E-state index is 0.375. The van der Waals surface area contributed by atoms with Crippen molar-refractivity contribution in [3.05, 3.63) is 0 Å². The number of carbonyl (C=O) groups is 1. The molecule has 0 radical (unpaired) electrons. The summed E-state index contributed by atoms with van der Waals surface area (Å²) >= 11 is 0. The van der Waals surface area contributed by atoms with Gasteiger partial charge in [-0.25, -0.2) is 0 Å². The molecule has 0 aromatic carbocycles. The molecule has 0 aromatic rings. The van der Waals surface area contributed by atoms with Crippen LogP contribution in [0.25, 0.3) is 0 Å². The predicted octanol–water partition coefficient (Wildman–Crippen LogP) is 2.13. The summed E-state index contributed by atoms with van der Waals surface area (Å²) in [7, 11) is 1.31. The highest BCUT2D eigenvalue weighted by Crippen LogP contribution is 2.15. The summed E-state index contributed by atoms with van der Waals surface area (Å²) in [6, 6.07) is 0. The lowest BCUT2D eigenvalue weighted by Crippen LogP contribution is -1.85. The molecule has 0 heterocycles. The highest BCUT2D eigenvalue weighted by Gasteiger charge is 1.95. The molecule has 0 N–H and O–H groups in total. The molecule has 0 bridgehead atoms. The van der Waals surface area contributed by atoms with Crippen molar-refractivity contribution in [2.75, 3.05) is 7.11 Å². The van der Waals surface area contributed by atoms with Crippen LogP contribution < -0.4 is 0 Å². The molecule has 0 aromatic heterocycles. The number of methoxy groups -OCH3 is 1. The largest absolute Gasteiger partial charge is 0.471 e. The summed E-state index contributed by atoms with van der Waals surface area (Å²) in [4.78, 5) is 8.95. The monoisotopic (exact) mass is 144 g/mol. The minimum Gasteiger partial charge on any atom is -0.471 e. The molecular weight excluding hydrogens is 128 g/mol. The second-order valence-electron chi connectivity index (χ2n) is 2.45. The number of carbonyl (C=O) groups excluding carboxylic acids is 1. The van der Waals surface area contributed by atoms with Gasteiger partial charge >= 0.3 is 0 Å². The van der Waals surface area contributed by atoms with Crippen LogP contribution in [-0.4, -0.2) is 13.6 Å². The summed E-state index contributed by atoms with van der Waals surface area (Å²) in [6.07, 6.45) is 9.00. The van der Waals surface area contributed by atoms with Crippen LogP contribution in [0.5, 0.6) is 0 Å². The van der Waals surface area contributed by atoms with Crippen LogP contribution in [0.3, 0.4) is 0 Å². The quantitative estimate of drug-likeness (QED) is 0.527. The molecule has 0 amide bonds. The van der Waals surface area contributed by atoms with Gasteiger partial charge in [-0.1, -0.05) is 38.5 Å². The van der Waals surface area contributed by atoms with E-state index in [2.05, 4.69) is 4.74 Å². The minimum atomic E-state index is 0.375. The first kappa shape index (κ1) is 9.47. The van der Waals surface area contributed by atoms with Gasteiger partial charge in [-0.2, -0.15) is 0 Å². The first-order valence-electron chi connectivity index (χ1n) is 3.88. The van der Waals surface area contributed by atoms with E-state index in [1.54, 1.807) is 0 Å². The zero-order valence-corrected chi connectivity index (χ0v) is 6.64. The molecular formula is C8H16O2. The van der Waals surface area contributed by atoms with E-state index in [1.165, 1.54) is 45.6 Å². The van der Waals surface area contributed by atoms with Gasteiger partial charge in [-0.05, 0) is 0 Å². The Labute approximate surface area is 62.6 Å². The van der Waals surface area contributed by atoms with Crippen molar-refractivity contribution >= 4 is 6.47 Å². The van der Waals surface area contributed by atoms with E-state index in [0.29, 0.717) is 6.47 Å². The van der Waals surface area contributed by atoms with Crippen LogP contribution in [0.1, 0.15) is 38.5 Å². The maximum atomic E-state index is 8.95. The van der Waals surface area contributed by atoms with Gasteiger partial charge in [-0.3, -0.25) is 4.79 Å². The average molecular weight is 144 g/mol. The van der Waals surface area contributed by atoms with E-state index in [4.69, 9.17) is 4.79 Å². The van der Waals surface area contributed by atoms with Crippen molar-refractivity contribution in [2.45, 2.75) is 38.5 Å². The Morgan fingerprint density at radius 3 is 1.30 bits per heavy atom.